The first-order chi connectivity index (χ1) is 16.1. The molecule has 2 aromatic carbocycles. The van der Waals surface area contributed by atoms with Crippen LogP contribution in [-0.2, 0) is 26.0 Å². The Morgan fingerprint density at radius 2 is 1.63 bits per heavy atom. The maximum absolute atomic E-state index is 13.3. The fourth-order valence-corrected chi connectivity index (χ4v) is 5.43. The molecule has 0 spiro atoms. The van der Waals surface area contributed by atoms with Crippen LogP contribution in [0.1, 0.15) is 50.7 Å². The third-order valence-corrected chi connectivity index (χ3v) is 7.39. The number of benzene rings is 2. The number of hydrogen-bond acceptors (Lipinski definition) is 5. The fourth-order valence-electron chi connectivity index (χ4n) is 3.66. The summed E-state index contributed by atoms with van der Waals surface area (Å²) < 4.78 is 27.6. The van der Waals surface area contributed by atoms with Crippen LogP contribution < -0.4 is 40.0 Å². The molecule has 0 aliphatic carbocycles. The molecule has 0 heterocycles. The van der Waals surface area contributed by atoms with Crippen molar-refractivity contribution in [2.45, 2.75) is 63.8 Å². The van der Waals surface area contributed by atoms with E-state index in [1.54, 1.807) is 12.1 Å². The van der Waals surface area contributed by atoms with Crippen molar-refractivity contribution in [2.24, 2.45) is 5.92 Å². The summed E-state index contributed by atoms with van der Waals surface area (Å²) in [6.45, 7) is 6.02. The summed E-state index contributed by atoms with van der Waals surface area (Å²) in [5.41, 5.74) is 2.01. The van der Waals surface area contributed by atoms with E-state index in [9.17, 15) is 23.1 Å². The second-order valence-corrected chi connectivity index (χ2v) is 10.8. The van der Waals surface area contributed by atoms with Gasteiger partial charge in [0.25, 0.3) is 0 Å². The van der Waals surface area contributed by atoms with Gasteiger partial charge in [-0.3, -0.25) is 4.79 Å². The van der Waals surface area contributed by atoms with Gasteiger partial charge in [0.1, 0.15) is 0 Å². The molecule has 0 saturated heterocycles. The van der Waals surface area contributed by atoms with Gasteiger partial charge in [-0.1, -0.05) is 61.9 Å². The molecule has 0 fully saturated rings. The van der Waals surface area contributed by atoms with Crippen LogP contribution in [0.4, 0.5) is 0 Å². The SMILES string of the molecule is Cc1ccc(S(=O)(=O)N(CC(C)C)[C@@H](CCCCNC(=O)CCc2ccccc2)C(=O)[O-])cc1.[Na+]. The van der Waals surface area contributed by atoms with Crippen LogP contribution in [-0.4, -0.2) is 43.7 Å². The van der Waals surface area contributed by atoms with E-state index < -0.39 is 22.0 Å². The standard InChI is InChI=1S/C26H36N2O5S.Na/c1-20(2)19-28(34(32,33)23-15-12-21(3)13-16-23)24(26(30)31)11-7-8-18-27-25(29)17-14-22-9-5-4-6-10-22;/h4-6,9-10,12-13,15-16,20,24H,7-8,11,14,17-19H2,1-3H3,(H,27,29)(H,30,31);/q;+1/p-1/t24-;/m0./s1. The van der Waals surface area contributed by atoms with E-state index in [4.69, 9.17) is 0 Å². The Morgan fingerprint density at radius 3 is 2.20 bits per heavy atom. The number of aliphatic carboxylic acids is 1. The molecule has 35 heavy (non-hydrogen) atoms. The van der Waals surface area contributed by atoms with Crippen molar-refractivity contribution in [1.82, 2.24) is 9.62 Å². The van der Waals surface area contributed by atoms with Gasteiger partial charge in [0.15, 0.2) is 0 Å². The molecule has 1 N–H and O–H groups in total. The van der Waals surface area contributed by atoms with Gasteiger partial charge in [0.05, 0.1) is 16.9 Å². The Morgan fingerprint density at radius 1 is 1.00 bits per heavy atom. The van der Waals surface area contributed by atoms with Crippen molar-refractivity contribution in [1.29, 1.82) is 0 Å². The third-order valence-electron chi connectivity index (χ3n) is 5.50. The quantitative estimate of drug-likeness (QED) is 0.277. The first kappa shape index (κ1) is 31.3. The number of amides is 1. The fraction of sp³-hybridized carbons (Fsp3) is 0.462. The molecule has 2 rings (SSSR count). The summed E-state index contributed by atoms with van der Waals surface area (Å²) in [4.78, 5) is 24.1. The van der Waals surface area contributed by atoms with E-state index in [0.29, 0.717) is 32.2 Å². The molecule has 1 atom stereocenters. The smallest absolute Gasteiger partial charge is 0.548 e. The molecular formula is C26H35N2NaO5S. The Bertz CT molecular complexity index is 1030. The number of carboxylic acids is 1. The van der Waals surface area contributed by atoms with Gasteiger partial charge in [0.2, 0.25) is 15.9 Å². The number of aryl methyl sites for hydroxylation is 2. The van der Waals surface area contributed by atoms with Gasteiger partial charge in [-0.25, -0.2) is 8.42 Å². The number of nitrogens with zero attached hydrogens (tertiary/aromatic N) is 1. The third kappa shape index (κ3) is 10.4. The van der Waals surface area contributed by atoms with E-state index in [2.05, 4.69) is 5.32 Å². The maximum Gasteiger partial charge on any atom is 1.00 e. The van der Waals surface area contributed by atoms with Gasteiger partial charge in [-0.05, 0) is 56.2 Å². The zero-order valence-corrected chi connectivity index (χ0v) is 24.0. The minimum atomic E-state index is -4.00. The molecule has 2 aromatic rings. The number of carboxylic acid groups (broad SMARTS) is 1. The largest absolute Gasteiger partial charge is 1.00 e. The number of carbonyl (C=O) groups excluding carboxylic acids is 2. The molecule has 0 aliphatic heterocycles. The van der Waals surface area contributed by atoms with Crippen LogP contribution >= 0.6 is 0 Å². The van der Waals surface area contributed by atoms with Gasteiger partial charge in [-0.15, -0.1) is 0 Å². The van der Waals surface area contributed by atoms with Crippen molar-refractivity contribution in [2.75, 3.05) is 13.1 Å². The predicted molar refractivity (Wildman–Crippen MR) is 130 cm³/mol. The average Bonchev–Trinajstić information content (AvgIpc) is 2.79. The molecule has 9 heteroatoms. The Hall–Kier alpha value is -1.71. The van der Waals surface area contributed by atoms with Crippen molar-refractivity contribution in [3.63, 3.8) is 0 Å². The van der Waals surface area contributed by atoms with Gasteiger partial charge >= 0.3 is 29.6 Å². The number of nitrogens with one attached hydrogen (secondary N) is 1. The van der Waals surface area contributed by atoms with Gasteiger partial charge in [-0.2, -0.15) is 4.31 Å². The van der Waals surface area contributed by atoms with Crippen LogP contribution in [0.5, 0.6) is 0 Å². The number of rotatable bonds is 14. The van der Waals surface area contributed by atoms with Crippen molar-refractivity contribution < 1.29 is 52.7 Å². The second kappa shape index (κ2) is 15.4. The molecular weight excluding hydrogens is 475 g/mol. The topological polar surface area (TPSA) is 107 Å². The number of carbonyl (C=O) groups is 2. The average molecular weight is 511 g/mol. The molecule has 0 unspecified atom stereocenters. The Kier molecular flexibility index (Phi) is 13.8. The zero-order valence-electron chi connectivity index (χ0n) is 21.2. The molecule has 186 valence electrons. The summed E-state index contributed by atoms with van der Waals surface area (Å²) >= 11 is 0. The van der Waals surface area contributed by atoms with E-state index in [-0.39, 0.29) is 59.2 Å². The van der Waals surface area contributed by atoms with Crippen molar-refractivity contribution in [3.8, 4) is 0 Å². The molecule has 0 saturated carbocycles. The van der Waals surface area contributed by atoms with Crippen LogP contribution in [0.25, 0.3) is 0 Å². The number of unbranched alkanes of at least 4 members (excludes halogenated alkanes) is 1. The Balaban J connectivity index is 0.00000612. The molecule has 0 aliphatic rings. The van der Waals surface area contributed by atoms with E-state index in [0.717, 1.165) is 15.4 Å². The minimum absolute atomic E-state index is 0. The number of hydrogen-bond donors (Lipinski definition) is 1. The molecule has 0 bridgehead atoms. The second-order valence-electron chi connectivity index (χ2n) is 8.95. The summed E-state index contributed by atoms with van der Waals surface area (Å²) in [5, 5.41) is 14.8. The van der Waals surface area contributed by atoms with E-state index >= 15 is 0 Å². The first-order valence-corrected chi connectivity index (χ1v) is 13.1. The molecule has 0 aromatic heterocycles. The Labute approximate surface area is 231 Å². The normalized spacial score (nSPS) is 12.3. The molecule has 0 radical (unpaired) electrons. The number of sulfonamides is 1. The molecule has 7 nitrogen and oxygen atoms in total. The van der Waals surface area contributed by atoms with E-state index in [1.807, 2.05) is 51.1 Å². The predicted octanol–water partition coefficient (Wildman–Crippen LogP) is -0.316. The summed E-state index contributed by atoms with van der Waals surface area (Å²) in [6.07, 6.45) is 2.12. The van der Waals surface area contributed by atoms with Gasteiger partial charge < -0.3 is 15.2 Å². The maximum atomic E-state index is 13.3. The zero-order chi connectivity index (χ0) is 25.1. The minimum Gasteiger partial charge on any atom is -0.548 e. The van der Waals surface area contributed by atoms with E-state index in [1.165, 1.54) is 12.1 Å². The van der Waals surface area contributed by atoms with Crippen LogP contribution in [0.15, 0.2) is 59.5 Å². The van der Waals surface area contributed by atoms with Crippen LogP contribution in [0.2, 0.25) is 0 Å². The van der Waals surface area contributed by atoms with Crippen molar-refractivity contribution >= 4 is 21.9 Å². The monoisotopic (exact) mass is 510 g/mol. The van der Waals surface area contributed by atoms with Crippen molar-refractivity contribution in [3.05, 3.63) is 65.7 Å². The van der Waals surface area contributed by atoms with Crippen LogP contribution in [0.3, 0.4) is 0 Å². The summed E-state index contributed by atoms with van der Waals surface area (Å²) in [7, 11) is -4.00. The van der Waals surface area contributed by atoms with Gasteiger partial charge in [0, 0.05) is 19.5 Å². The summed E-state index contributed by atoms with van der Waals surface area (Å²) in [6, 6.07) is 14.8. The summed E-state index contributed by atoms with van der Waals surface area (Å²) in [5.74, 6) is -1.54. The first-order valence-electron chi connectivity index (χ1n) is 11.7. The van der Waals surface area contributed by atoms with Crippen LogP contribution in [0, 0.1) is 12.8 Å². The molecule has 1 amide bonds.